The van der Waals surface area contributed by atoms with Crippen molar-refractivity contribution in [3.8, 4) is 0 Å². The summed E-state index contributed by atoms with van der Waals surface area (Å²) in [5.41, 5.74) is 0. The third-order valence-corrected chi connectivity index (χ3v) is 7.01. The monoisotopic (exact) mass is 340 g/mol. The lowest BCUT2D eigenvalue weighted by atomic mass is 9.66. The number of alkyl halides is 2. The zero-order valence-electron chi connectivity index (χ0n) is 15.2. The molecular weight excluding hydrogens is 306 g/mol. The van der Waals surface area contributed by atoms with E-state index in [0.717, 1.165) is 44.4 Å². The minimum atomic E-state index is -2.88. The van der Waals surface area contributed by atoms with Crippen molar-refractivity contribution in [3.63, 3.8) is 0 Å². The maximum absolute atomic E-state index is 14.2. The number of hydrogen-bond donors (Lipinski definition) is 0. The Balaban J connectivity index is 1.53. The topological polar surface area (TPSA) is 9.23 Å². The lowest BCUT2D eigenvalue weighted by Crippen LogP contribution is -2.61. The van der Waals surface area contributed by atoms with Crippen molar-refractivity contribution in [1.29, 1.82) is 0 Å². The molecule has 3 heteroatoms. The molecule has 24 heavy (non-hydrogen) atoms. The summed E-state index contributed by atoms with van der Waals surface area (Å²) in [5.74, 6) is 1.34. The van der Waals surface area contributed by atoms with Crippen molar-refractivity contribution in [2.45, 2.75) is 89.8 Å². The summed E-state index contributed by atoms with van der Waals surface area (Å²) in [4.78, 5) is 0. The minimum absolute atomic E-state index is 0.146. The van der Waals surface area contributed by atoms with Crippen LogP contribution in [0.2, 0.25) is 0 Å². The van der Waals surface area contributed by atoms with E-state index in [9.17, 15) is 8.78 Å². The molecule has 3 fully saturated rings. The Morgan fingerprint density at radius 2 is 1.62 bits per heavy atom. The Hall–Kier alpha value is -0.440. The molecule has 3 aliphatic rings. The van der Waals surface area contributed by atoms with Crippen molar-refractivity contribution in [2.24, 2.45) is 29.6 Å². The smallest absolute Gasteiger partial charge is 0.316 e. The molecule has 0 aromatic carbocycles. The van der Waals surface area contributed by atoms with Crippen LogP contribution in [0.3, 0.4) is 0 Å². The third-order valence-electron chi connectivity index (χ3n) is 7.01. The third kappa shape index (κ3) is 3.86. The van der Waals surface area contributed by atoms with Crippen molar-refractivity contribution < 1.29 is 13.5 Å². The normalized spacial score (nSPS) is 42.3. The zero-order chi connectivity index (χ0) is 17.2. The molecule has 3 rings (SSSR count). The number of rotatable bonds is 6. The van der Waals surface area contributed by atoms with E-state index in [-0.39, 0.29) is 12.0 Å². The maximum Gasteiger partial charge on any atom is 0.361 e. The summed E-state index contributed by atoms with van der Waals surface area (Å²) in [6.45, 7) is 6.10. The maximum atomic E-state index is 14.2. The Morgan fingerprint density at radius 1 is 1.00 bits per heavy atom. The average Bonchev–Trinajstić information content (AvgIpc) is 2.59. The molecule has 0 bridgehead atoms. The summed E-state index contributed by atoms with van der Waals surface area (Å²) in [6, 6.07) is 0. The van der Waals surface area contributed by atoms with Crippen LogP contribution in [-0.4, -0.2) is 12.2 Å². The second-order valence-electron chi connectivity index (χ2n) is 8.50. The van der Waals surface area contributed by atoms with Crippen LogP contribution in [0.1, 0.15) is 77.6 Å². The lowest BCUT2D eigenvalue weighted by molar-refractivity contribution is -0.418. The fraction of sp³-hybridized carbons (Fsp3) is 0.905. The Morgan fingerprint density at radius 3 is 2.17 bits per heavy atom. The molecule has 2 saturated carbocycles. The van der Waals surface area contributed by atoms with Gasteiger partial charge in [0, 0.05) is 0 Å². The van der Waals surface area contributed by atoms with Gasteiger partial charge in [-0.05, 0) is 62.2 Å². The fourth-order valence-electron chi connectivity index (χ4n) is 5.42. The molecule has 2 atom stereocenters. The molecule has 1 saturated heterocycles. The number of allylic oxidation sites excluding steroid dienone is 1. The largest absolute Gasteiger partial charge is 0.361 e. The van der Waals surface area contributed by atoms with Gasteiger partial charge >= 0.3 is 6.11 Å². The first-order chi connectivity index (χ1) is 11.5. The molecule has 1 heterocycles. The van der Waals surface area contributed by atoms with Crippen molar-refractivity contribution >= 4 is 0 Å². The zero-order valence-corrected chi connectivity index (χ0v) is 15.2. The van der Waals surface area contributed by atoms with Gasteiger partial charge in [0.05, 0.1) is 12.0 Å². The molecule has 0 spiro atoms. The van der Waals surface area contributed by atoms with Crippen LogP contribution in [0.25, 0.3) is 0 Å². The standard InChI is InChI=1S/C21H34F2O/c1-3-5-6-16-9-13-18(14-10-16)20-19(21(22,23)24-20)17-11-7-15(4-2)8-12-17/h4,15-20H,2-3,5-14H2,1H3/t15?,16?,17?,18?,19-,20-/m0/s1. The quantitative estimate of drug-likeness (QED) is 0.496. The average molecular weight is 340 g/mol. The summed E-state index contributed by atoms with van der Waals surface area (Å²) in [6.07, 6.45) is 11.3. The van der Waals surface area contributed by atoms with Crippen molar-refractivity contribution in [2.75, 3.05) is 0 Å². The Labute approximate surface area is 146 Å². The van der Waals surface area contributed by atoms with Crippen molar-refractivity contribution in [1.82, 2.24) is 0 Å². The van der Waals surface area contributed by atoms with Crippen LogP contribution in [0.4, 0.5) is 8.78 Å². The van der Waals surface area contributed by atoms with E-state index in [1.807, 2.05) is 6.08 Å². The molecule has 138 valence electrons. The van der Waals surface area contributed by atoms with E-state index < -0.39 is 12.0 Å². The molecule has 0 amide bonds. The van der Waals surface area contributed by atoms with E-state index in [2.05, 4.69) is 13.5 Å². The van der Waals surface area contributed by atoms with Gasteiger partial charge in [-0.15, -0.1) is 6.58 Å². The molecule has 0 N–H and O–H groups in total. The predicted molar refractivity (Wildman–Crippen MR) is 93.9 cm³/mol. The van der Waals surface area contributed by atoms with Gasteiger partial charge in [0.1, 0.15) is 0 Å². The Bertz CT molecular complexity index is 406. The van der Waals surface area contributed by atoms with E-state index in [1.54, 1.807) is 0 Å². The molecule has 0 aromatic rings. The highest BCUT2D eigenvalue weighted by molar-refractivity contribution is 4.99. The van der Waals surface area contributed by atoms with E-state index in [4.69, 9.17) is 4.74 Å². The summed E-state index contributed by atoms with van der Waals surface area (Å²) >= 11 is 0. The van der Waals surface area contributed by atoms with E-state index in [1.165, 1.54) is 32.1 Å². The van der Waals surface area contributed by atoms with E-state index >= 15 is 0 Å². The highest BCUT2D eigenvalue weighted by Gasteiger charge is 2.62. The first kappa shape index (κ1) is 18.4. The summed E-state index contributed by atoms with van der Waals surface area (Å²) in [5, 5.41) is 0. The molecule has 1 aliphatic heterocycles. The van der Waals surface area contributed by atoms with Gasteiger partial charge in [0.25, 0.3) is 0 Å². The van der Waals surface area contributed by atoms with Crippen LogP contribution in [-0.2, 0) is 4.74 Å². The molecular formula is C21H34F2O. The second-order valence-corrected chi connectivity index (χ2v) is 8.50. The first-order valence-corrected chi connectivity index (χ1v) is 10.2. The highest BCUT2D eigenvalue weighted by Crippen LogP contribution is 2.55. The van der Waals surface area contributed by atoms with Crippen LogP contribution in [0.5, 0.6) is 0 Å². The number of hydrogen-bond acceptors (Lipinski definition) is 1. The van der Waals surface area contributed by atoms with Gasteiger partial charge in [-0.3, -0.25) is 0 Å². The summed E-state index contributed by atoms with van der Waals surface area (Å²) < 4.78 is 33.5. The van der Waals surface area contributed by atoms with Crippen LogP contribution in [0.15, 0.2) is 12.7 Å². The number of ether oxygens (including phenoxy) is 1. The molecule has 2 aliphatic carbocycles. The molecule has 0 unspecified atom stereocenters. The second kappa shape index (κ2) is 7.85. The number of unbranched alkanes of at least 4 members (excludes halogenated alkanes) is 1. The lowest BCUT2D eigenvalue weighted by Gasteiger charge is -2.53. The van der Waals surface area contributed by atoms with Gasteiger partial charge in [-0.2, -0.15) is 8.78 Å². The first-order valence-electron chi connectivity index (χ1n) is 10.2. The van der Waals surface area contributed by atoms with E-state index in [0.29, 0.717) is 11.8 Å². The van der Waals surface area contributed by atoms with Gasteiger partial charge in [-0.1, -0.05) is 45.1 Å². The van der Waals surface area contributed by atoms with Crippen molar-refractivity contribution in [3.05, 3.63) is 12.7 Å². The van der Waals surface area contributed by atoms with Gasteiger partial charge in [-0.25, -0.2) is 0 Å². The SMILES string of the molecule is C=CC1CCC([C@H]2[C@H](C3CCC(CCCC)CC3)OC2(F)F)CC1. The van der Waals surface area contributed by atoms with Crippen LogP contribution in [0, 0.1) is 29.6 Å². The fourth-order valence-corrected chi connectivity index (χ4v) is 5.42. The van der Waals surface area contributed by atoms with Crippen LogP contribution >= 0.6 is 0 Å². The molecule has 0 radical (unpaired) electrons. The minimum Gasteiger partial charge on any atom is -0.316 e. The predicted octanol–water partition coefficient (Wildman–Crippen LogP) is 6.58. The van der Waals surface area contributed by atoms with Crippen LogP contribution < -0.4 is 0 Å². The van der Waals surface area contributed by atoms with Gasteiger partial charge < -0.3 is 4.74 Å². The Kier molecular flexibility index (Phi) is 6.00. The summed E-state index contributed by atoms with van der Waals surface area (Å²) in [7, 11) is 0. The van der Waals surface area contributed by atoms with Gasteiger partial charge in [0.15, 0.2) is 0 Å². The molecule has 1 nitrogen and oxygen atoms in total. The number of halogens is 2. The molecule has 0 aromatic heterocycles. The van der Waals surface area contributed by atoms with Gasteiger partial charge in [0.2, 0.25) is 0 Å². The highest BCUT2D eigenvalue weighted by atomic mass is 19.3.